The molecule has 0 bridgehead atoms. The third-order valence-corrected chi connectivity index (χ3v) is 3.24. The smallest absolute Gasteiger partial charge is 0.365 e. The average Bonchev–Trinajstić information content (AvgIpc) is 2.88. The van der Waals surface area contributed by atoms with E-state index >= 15 is 0 Å². The Morgan fingerprint density at radius 2 is 1.74 bits per heavy atom. The zero-order chi connectivity index (χ0) is 16.4. The lowest BCUT2D eigenvalue weighted by molar-refractivity contribution is -0.130. The van der Waals surface area contributed by atoms with E-state index in [9.17, 15) is 4.79 Å². The summed E-state index contributed by atoms with van der Waals surface area (Å²) in [5.74, 6) is 0.322. The van der Waals surface area contributed by atoms with Crippen LogP contribution in [0, 0.1) is 13.8 Å². The Balaban J connectivity index is 1.89. The number of hydrogen-bond donors (Lipinski definition) is 0. The number of aromatic nitrogens is 2. The minimum Gasteiger partial charge on any atom is -0.402 e. The Bertz CT molecular complexity index is 792. The lowest BCUT2D eigenvalue weighted by atomic mass is 10.2. The first-order valence-corrected chi connectivity index (χ1v) is 7.16. The van der Waals surface area contributed by atoms with Crippen LogP contribution in [-0.2, 0) is 9.53 Å². The van der Waals surface area contributed by atoms with Crippen molar-refractivity contribution in [2.75, 3.05) is 11.9 Å². The molecule has 1 aromatic carbocycles. The molecule has 0 unspecified atom stereocenters. The van der Waals surface area contributed by atoms with Gasteiger partial charge in [-0.3, -0.25) is 0 Å². The highest BCUT2D eigenvalue weighted by atomic mass is 16.6. The fourth-order valence-corrected chi connectivity index (χ4v) is 2.21. The van der Waals surface area contributed by atoms with E-state index < -0.39 is 5.97 Å². The molecule has 0 aliphatic carbocycles. The second-order valence-electron chi connectivity index (χ2n) is 5.25. The summed E-state index contributed by atoms with van der Waals surface area (Å²) >= 11 is 0. The van der Waals surface area contributed by atoms with Gasteiger partial charge in [0.05, 0.1) is 0 Å². The van der Waals surface area contributed by atoms with Crippen LogP contribution in [0.2, 0.25) is 0 Å². The topological polar surface area (TPSA) is 67.7 Å². The van der Waals surface area contributed by atoms with Gasteiger partial charge in [-0.1, -0.05) is 18.2 Å². The van der Waals surface area contributed by atoms with Crippen LogP contribution in [0.5, 0.6) is 0 Å². The van der Waals surface area contributed by atoms with Crippen molar-refractivity contribution in [3.05, 3.63) is 65.2 Å². The van der Waals surface area contributed by atoms with Gasteiger partial charge in [0.1, 0.15) is 0 Å². The molecule has 1 aliphatic heterocycles. The van der Waals surface area contributed by atoms with Gasteiger partial charge in [0.2, 0.25) is 11.8 Å². The molecule has 0 atom stereocenters. The summed E-state index contributed by atoms with van der Waals surface area (Å²) in [7, 11) is 1.77. The van der Waals surface area contributed by atoms with E-state index in [0.29, 0.717) is 11.8 Å². The molecule has 0 N–H and O–H groups in total. The van der Waals surface area contributed by atoms with Gasteiger partial charge in [-0.05, 0) is 32.0 Å². The molecule has 0 saturated carbocycles. The fraction of sp³-hybridized carbons (Fsp3) is 0.176. The minimum atomic E-state index is -0.486. The number of carbonyl (C=O) groups excluding carboxylic acids is 1. The molecule has 0 amide bonds. The number of esters is 1. The highest BCUT2D eigenvalue weighted by Crippen LogP contribution is 2.18. The maximum absolute atomic E-state index is 12.0. The number of aliphatic imine (C=N–C) groups is 1. The molecule has 0 saturated heterocycles. The van der Waals surface area contributed by atoms with Crippen LogP contribution in [-0.4, -0.2) is 28.9 Å². The second kappa shape index (κ2) is 6.00. The number of anilines is 1. The quantitative estimate of drug-likeness (QED) is 0.643. The number of ether oxygens (including phenoxy) is 1. The van der Waals surface area contributed by atoms with Crippen LogP contribution in [0.1, 0.15) is 17.0 Å². The Hall–Kier alpha value is -3.02. The highest BCUT2D eigenvalue weighted by Gasteiger charge is 2.24. The molecule has 3 rings (SSSR count). The van der Waals surface area contributed by atoms with Gasteiger partial charge >= 0.3 is 5.97 Å². The zero-order valence-corrected chi connectivity index (χ0v) is 13.1. The number of rotatable bonds is 3. The molecule has 1 aromatic heterocycles. The summed E-state index contributed by atoms with van der Waals surface area (Å²) in [5.41, 5.74) is 2.70. The Morgan fingerprint density at radius 1 is 1.09 bits per heavy atom. The maximum atomic E-state index is 12.0. The Kier molecular flexibility index (Phi) is 3.89. The number of hydrogen-bond acceptors (Lipinski definition) is 6. The van der Waals surface area contributed by atoms with E-state index in [1.807, 2.05) is 50.2 Å². The number of nitrogens with zero attached hydrogens (tertiary/aromatic N) is 4. The molecule has 6 nitrogen and oxygen atoms in total. The van der Waals surface area contributed by atoms with Crippen LogP contribution in [0.3, 0.4) is 0 Å². The van der Waals surface area contributed by atoms with Crippen LogP contribution in [0.25, 0.3) is 0 Å². The molecule has 0 radical (unpaired) electrons. The predicted molar refractivity (Wildman–Crippen MR) is 87.1 cm³/mol. The molecule has 6 heteroatoms. The summed E-state index contributed by atoms with van der Waals surface area (Å²) in [6.07, 6.45) is 1.58. The monoisotopic (exact) mass is 308 g/mol. The fourth-order valence-electron chi connectivity index (χ4n) is 2.21. The zero-order valence-electron chi connectivity index (χ0n) is 13.1. The third-order valence-electron chi connectivity index (χ3n) is 3.24. The van der Waals surface area contributed by atoms with Crippen molar-refractivity contribution < 1.29 is 9.53 Å². The van der Waals surface area contributed by atoms with Crippen LogP contribution >= 0.6 is 0 Å². The average molecular weight is 308 g/mol. The molecule has 1 aliphatic rings. The van der Waals surface area contributed by atoms with Crippen molar-refractivity contribution in [2.24, 2.45) is 4.99 Å². The number of benzene rings is 1. The first-order chi connectivity index (χ1) is 11.0. The largest absolute Gasteiger partial charge is 0.402 e. The Morgan fingerprint density at radius 3 is 2.39 bits per heavy atom. The van der Waals surface area contributed by atoms with Crippen molar-refractivity contribution in [1.82, 2.24) is 9.97 Å². The first kappa shape index (κ1) is 14.9. The normalized spacial score (nSPS) is 15.5. The van der Waals surface area contributed by atoms with Crippen molar-refractivity contribution in [1.29, 1.82) is 0 Å². The van der Waals surface area contributed by atoms with Gasteiger partial charge in [0.25, 0.3) is 0 Å². The number of carbonyl (C=O) groups is 1. The van der Waals surface area contributed by atoms with Gasteiger partial charge in [-0.15, -0.1) is 0 Å². The van der Waals surface area contributed by atoms with Crippen molar-refractivity contribution >= 4 is 17.8 Å². The van der Waals surface area contributed by atoms with E-state index in [2.05, 4.69) is 15.0 Å². The predicted octanol–water partition coefficient (Wildman–Crippen LogP) is 2.37. The van der Waals surface area contributed by atoms with Gasteiger partial charge in [0.15, 0.2) is 5.70 Å². The summed E-state index contributed by atoms with van der Waals surface area (Å²) in [6, 6.07) is 11.2. The summed E-state index contributed by atoms with van der Waals surface area (Å²) < 4.78 is 5.22. The van der Waals surface area contributed by atoms with E-state index in [4.69, 9.17) is 4.74 Å². The van der Waals surface area contributed by atoms with Crippen LogP contribution < -0.4 is 4.90 Å². The number of cyclic esters (lactones) is 1. The second-order valence-corrected chi connectivity index (χ2v) is 5.25. The highest BCUT2D eigenvalue weighted by molar-refractivity contribution is 6.11. The van der Waals surface area contributed by atoms with Crippen LogP contribution in [0.4, 0.5) is 5.95 Å². The lowest BCUT2D eigenvalue weighted by Crippen LogP contribution is -2.15. The SMILES string of the molecule is Cc1cc(C)nc(N(C)/C=C2\N=C(c3ccccc3)OC2=O)n1. The van der Waals surface area contributed by atoms with E-state index in [0.717, 1.165) is 17.0 Å². The Labute approximate surface area is 134 Å². The molecular formula is C17H16N4O2. The van der Waals surface area contributed by atoms with Gasteiger partial charge in [-0.2, -0.15) is 0 Å². The molecule has 0 fully saturated rings. The third kappa shape index (κ3) is 3.26. The molecule has 116 valence electrons. The summed E-state index contributed by atoms with van der Waals surface area (Å²) in [5, 5.41) is 0. The summed E-state index contributed by atoms with van der Waals surface area (Å²) in [6.45, 7) is 3.79. The van der Waals surface area contributed by atoms with Gasteiger partial charge < -0.3 is 9.64 Å². The molecule has 0 spiro atoms. The van der Waals surface area contributed by atoms with Crippen molar-refractivity contribution in [2.45, 2.75) is 13.8 Å². The standard InChI is InChI=1S/C17H16N4O2/c1-11-9-12(2)19-17(18-11)21(3)10-14-16(22)23-15(20-14)13-7-5-4-6-8-13/h4-10H,1-3H3/b14-10-. The molecular weight excluding hydrogens is 292 g/mol. The maximum Gasteiger partial charge on any atom is 0.365 e. The molecule has 2 heterocycles. The van der Waals surface area contributed by atoms with Gasteiger partial charge in [0, 0.05) is 30.2 Å². The van der Waals surface area contributed by atoms with E-state index in [-0.39, 0.29) is 5.70 Å². The number of aryl methyl sites for hydroxylation is 2. The van der Waals surface area contributed by atoms with Crippen molar-refractivity contribution in [3.63, 3.8) is 0 Å². The molecule has 23 heavy (non-hydrogen) atoms. The minimum absolute atomic E-state index is 0.217. The van der Waals surface area contributed by atoms with Crippen LogP contribution in [0.15, 0.2) is 53.3 Å². The van der Waals surface area contributed by atoms with Gasteiger partial charge in [-0.25, -0.2) is 19.8 Å². The first-order valence-electron chi connectivity index (χ1n) is 7.16. The van der Waals surface area contributed by atoms with E-state index in [1.54, 1.807) is 18.1 Å². The van der Waals surface area contributed by atoms with E-state index in [1.165, 1.54) is 0 Å². The van der Waals surface area contributed by atoms with Crippen molar-refractivity contribution in [3.8, 4) is 0 Å². The summed E-state index contributed by atoms with van der Waals surface area (Å²) in [4.78, 5) is 26.6. The molecule has 2 aromatic rings. The lowest BCUT2D eigenvalue weighted by Gasteiger charge is -2.12.